The van der Waals surface area contributed by atoms with Crippen LogP contribution in [0.1, 0.15) is 30.6 Å². The third-order valence-corrected chi connectivity index (χ3v) is 4.09. The smallest absolute Gasteiger partial charge is 0.220 e. The molecule has 0 spiro atoms. The third kappa shape index (κ3) is 4.13. The lowest BCUT2D eigenvalue weighted by molar-refractivity contribution is -0.122. The molecule has 0 aliphatic heterocycles. The topological polar surface area (TPSA) is 49.3 Å². The molecule has 1 saturated carbocycles. The van der Waals surface area contributed by atoms with E-state index in [0.29, 0.717) is 18.8 Å². The molecule has 1 aromatic rings. The number of hydrogen-bond donors (Lipinski definition) is 2. The van der Waals surface area contributed by atoms with Gasteiger partial charge in [0, 0.05) is 23.9 Å². The summed E-state index contributed by atoms with van der Waals surface area (Å²) in [6.45, 7) is 0.159. The van der Waals surface area contributed by atoms with Crippen LogP contribution in [0.2, 0.25) is 0 Å². The van der Waals surface area contributed by atoms with Gasteiger partial charge in [0.1, 0.15) is 0 Å². The van der Waals surface area contributed by atoms with Gasteiger partial charge in [-0.2, -0.15) is 0 Å². The molecule has 1 heterocycles. The minimum Gasteiger partial charge on any atom is -0.396 e. The van der Waals surface area contributed by atoms with E-state index < -0.39 is 0 Å². The van der Waals surface area contributed by atoms with Crippen molar-refractivity contribution in [3.63, 3.8) is 0 Å². The second kappa shape index (κ2) is 6.17. The van der Waals surface area contributed by atoms with Crippen LogP contribution in [0.25, 0.3) is 0 Å². The van der Waals surface area contributed by atoms with Crippen LogP contribution < -0.4 is 5.32 Å². The zero-order valence-corrected chi connectivity index (χ0v) is 10.7. The van der Waals surface area contributed by atoms with Gasteiger partial charge in [0.2, 0.25) is 5.91 Å². The molecule has 1 aliphatic carbocycles. The molecule has 2 N–H and O–H groups in total. The quantitative estimate of drug-likeness (QED) is 0.780. The standard InChI is InChI=1S/C13H19NO2S/c15-8-7-12(10-3-4-10)14-13(16)6-5-11-2-1-9-17-11/h1-2,9-10,12,15H,3-8H2,(H,14,16). The largest absolute Gasteiger partial charge is 0.396 e. The summed E-state index contributed by atoms with van der Waals surface area (Å²) in [5, 5.41) is 14.0. The van der Waals surface area contributed by atoms with Crippen molar-refractivity contribution in [2.75, 3.05) is 6.61 Å². The Kier molecular flexibility index (Phi) is 4.57. The van der Waals surface area contributed by atoms with E-state index in [0.717, 1.165) is 6.42 Å². The summed E-state index contributed by atoms with van der Waals surface area (Å²) >= 11 is 1.69. The predicted octanol–water partition coefficient (Wildman–Crippen LogP) is 1.96. The number of amides is 1. The van der Waals surface area contributed by atoms with Crippen molar-refractivity contribution in [2.45, 2.75) is 38.1 Å². The van der Waals surface area contributed by atoms with Crippen molar-refractivity contribution in [3.8, 4) is 0 Å². The lowest BCUT2D eigenvalue weighted by Gasteiger charge is -2.16. The molecule has 1 aromatic heterocycles. The van der Waals surface area contributed by atoms with Crippen molar-refractivity contribution >= 4 is 17.2 Å². The van der Waals surface area contributed by atoms with Crippen molar-refractivity contribution < 1.29 is 9.90 Å². The van der Waals surface area contributed by atoms with Crippen molar-refractivity contribution in [3.05, 3.63) is 22.4 Å². The number of nitrogens with one attached hydrogen (secondary N) is 1. The first-order valence-corrected chi connectivity index (χ1v) is 7.10. The van der Waals surface area contributed by atoms with E-state index in [1.807, 2.05) is 11.4 Å². The molecule has 1 atom stereocenters. The number of carbonyl (C=O) groups excluding carboxylic acids is 1. The van der Waals surface area contributed by atoms with Crippen LogP contribution in [-0.2, 0) is 11.2 Å². The normalized spacial score (nSPS) is 16.8. The molecule has 3 nitrogen and oxygen atoms in total. The van der Waals surface area contributed by atoms with Gasteiger partial charge in [0.15, 0.2) is 0 Å². The van der Waals surface area contributed by atoms with Gasteiger partial charge in [-0.25, -0.2) is 0 Å². The van der Waals surface area contributed by atoms with E-state index in [4.69, 9.17) is 5.11 Å². The minimum atomic E-state index is 0.115. The molecule has 2 rings (SSSR count). The molecular formula is C13H19NO2S. The average Bonchev–Trinajstić information content (AvgIpc) is 3.03. The van der Waals surface area contributed by atoms with E-state index in [2.05, 4.69) is 11.4 Å². The highest BCUT2D eigenvalue weighted by molar-refractivity contribution is 7.09. The maximum Gasteiger partial charge on any atom is 0.220 e. The maximum absolute atomic E-state index is 11.8. The Labute approximate surface area is 106 Å². The van der Waals surface area contributed by atoms with Gasteiger partial charge >= 0.3 is 0 Å². The Balaban J connectivity index is 1.71. The van der Waals surface area contributed by atoms with E-state index in [1.54, 1.807) is 11.3 Å². The van der Waals surface area contributed by atoms with Crippen LogP contribution in [0, 0.1) is 5.92 Å². The highest BCUT2D eigenvalue weighted by Gasteiger charge is 2.31. The Morgan fingerprint density at radius 1 is 1.59 bits per heavy atom. The van der Waals surface area contributed by atoms with Gasteiger partial charge in [-0.1, -0.05) is 6.07 Å². The van der Waals surface area contributed by atoms with Gasteiger partial charge in [-0.15, -0.1) is 11.3 Å². The highest BCUT2D eigenvalue weighted by Crippen LogP contribution is 2.33. The van der Waals surface area contributed by atoms with Crippen LogP contribution >= 0.6 is 11.3 Å². The van der Waals surface area contributed by atoms with Gasteiger partial charge in [-0.3, -0.25) is 4.79 Å². The summed E-state index contributed by atoms with van der Waals surface area (Å²) in [7, 11) is 0. The molecule has 1 aliphatic rings. The van der Waals surface area contributed by atoms with Gasteiger partial charge < -0.3 is 10.4 Å². The first kappa shape index (κ1) is 12.6. The summed E-state index contributed by atoms with van der Waals surface area (Å²) in [5.41, 5.74) is 0. The molecule has 1 unspecified atom stereocenters. The van der Waals surface area contributed by atoms with Crippen molar-refractivity contribution in [2.24, 2.45) is 5.92 Å². The first-order valence-electron chi connectivity index (χ1n) is 6.22. The fraction of sp³-hybridized carbons (Fsp3) is 0.615. The molecule has 1 amide bonds. The molecule has 0 saturated heterocycles. The fourth-order valence-corrected chi connectivity index (χ4v) is 2.74. The lowest BCUT2D eigenvalue weighted by atomic mass is 10.1. The summed E-state index contributed by atoms with van der Waals surface area (Å²) < 4.78 is 0. The number of aryl methyl sites for hydroxylation is 1. The molecule has 0 radical (unpaired) electrons. The SMILES string of the molecule is O=C(CCc1cccs1)NC(CCO)C1CC1. The second-order valence-electron chi connectivity index (χ2n) is 4.60. The zero-order valence-electron chi connectivity index (χ0n) is 9.89. The Morgan fingerprint density at radius 3 is 3.00 bits per heavy atom. The lowest BCUT2D eigenvalue weighted by Crippen LogP contribution is -2.37. The number of carbonyl (C=O) groups is 1. The van der Waals surface area contributed by atoms with Crippen molar-refractivity contribution in [1.82, 2.24) is 5.32 Å². The molecular weight excluding hydrogens is 234 g/mol. The molecule has 0 bridgehead atoms. The maximum atomic E-state index is 11.8. The van der Waals surface area contributed by atoms with Gasteiger partial charge in [0.25, 0.3) is 0 Å². The fourth-order valence-electron chi connectivity index (χ4n) is 2.03. The zero-order chi connectivity index (χ0) is 12.1. The molecule has 1 fully saturated rings. The van der Waals surface area contributed by atoms with E-state index in [-0.39, 0.29) is 18.6 Å². The monoisotopic (exact) mass is 253 g/mol. The van der Waals surface area contributed by atoms with Crippen molar-refractivity contribution in [1.29, 1.82) is 0 Å². The van der Waals surface area contributed by atoms with E-state index >= 15 is 0 Å². The number of rotatable bonds is 7. The Morgan fingerprint density at radius 2 is 2.41 bits per heavy atom. The van der Waals surface area contributed by atoms with Crippen LogP contribution in [-0.4, -0.2) is 23.7 Å². The summed E-state index contributed by atoms with van der Waals surface area (Å²) in [6.07, 6.45) is 4.44. The third-order valence-electron chi connectivity index (χ3n) is 3.16. The molecule has 94 valence electrons. The van der Waals surface area contributed by atoms with Crippen LogP contribution in [0.4, 0.5) is 0 Å². The van der Waals surface area contributed by atoms with E-state index in [9.17, 15) is 4.79 Å². The number of thiophene rings is 1. The van der Waals surface area contributed by atoms with E-state index in [1.165, 1.54) is 17.7 Å². The average molecular weight is 253 g/mol. The van der Waals surface area contributed by atoms with Gasteiger partial charge in [0.05, 0.1) is 0 Å². The van der Waals surface area contributed by atoms with Crippen LogP contribution in [0.15, 0.2) is 17.5 Å². The Hall–Kier alpha value is -0.870. The second-order valence-corrected chi connectivity index (χ2v) is 5.64. The molecule has 0 aromatic carbocycles. The highest BCUT2D eigenvalue weighted by atomic mass is 32.1. The number of aliphatic hydroxyl groups is 1. The number of hydrogen-bond acceptors (Lipinski definition) is 3. The number of aliphatic hydroxyl groups excluding tert-OH is 1. The minimum absolute atomic E-state index is 0.115. The summed E-state index contributed by atoms with van der Waals surface area (Å²) in [6, 6.07) is 4.26. The first-order chi connectivity index (χ1) is 8.29. The van der Waals surface area contributed by atoms with Gasteiger partial charge in [-0.05, 0) is 43.0 Å². The summed E-state index contributed by atoms with van der Waals surface area (Å²) in [4.78, 5) is 13.0. The summed E-state index contributed by atoms with van der Waals surface area (Å²) in [5.74, 6) is 0.719. The van der Waals surface area contributed by atoms with Crippen LogP contribution in [0.3, 0.4) is 0 Å². The molecule has 17 heavy (non-hydrogen) atoms. The predicted molar refractivity (Wildman–Crippen MR) is 69.0 cm³/mol. The van der Waals surface area contributed by atoms with Crippen LogP contribution in [0.5, 0.6) is 0 Å². The molecule has 4 heteroatoms. The Bertz CT molecular complexity index is 346.